The van der Waals surface area contributed by atoms with E-state index in [1.807, 2.05) is 6.92 Å². The Labute approximate surface area is 158 Å². The van der Waals surface area contributed by atoms with E-state index in [-0.39, 0.29) is 11.8 Å². The van der Waals surface area contributed by atoms with Gasteiger partial charge in [-0.05, 0) is 23.8 Å². The molecule has 1 aliphatic carbocycles. The second-order valence-electron chi connectivity index (χ2n) is 7.09. The molecule has 8 nitrogen and oxygen atoms in total. The van der Waals surface area contributed by atoms with Crippen LogP contribution >= 0.6 is 0 Å². The highest BCUT2D eigenvalue weighted by Gasteiger charge is 2.42. The SMILES string of the molecule is CC1CC1C(N)C(=O)C(=O)NCC(=O)N[C@H](C(=O)N(C)C)c1ccccc1. The number of amides is 3. The van der Waals surface area contributed by atoms with Crippen molar-refractivity contribution in [2.45, 2.75) is 25.4 Å². The van der Waals surface area contributed by atoms with Crippen LogP contribution in [-0.2, 0) is 19.2 Å². The molecule has 3 unspecified atom stereocenters. The molecule has 146 valence electrons. The Bertz CT molecular complexity index is 720. The maximum Gasteiger partial charge on any atom is 0.289 e. The van der Waals surface area contributed by atoms with E-state index in [4.69, 9.17) is 5.73 Å². The predicted octanol–water partition coefficient (Wildman–Crippen LogP) is -0.399. The Kier molecular flexibility index (Phi) is 6.68. The zero-order chi connectivity index (χ0) is 20.1. The lowest BCUT2D eigenvalue weighted by Gasteiger charge is -2.22. The van der Waals surface area contributed by atoms with E-state index >= 15 is 0 Å². The Morgan fingerprint density at radius 1 is 1.19 bits per heavy atom. The van der Waals surface area contributed by atoms with Crippen LogP contribution in [0.2, 0.25) is 0 Å². The number of nitrogens with two attached hydrogens (primary N) is 1. The number of hydrogen-bond acceptors (Lipinski definition) is 5. The fourth-order valence-corrected chi connectivity index (χ4v) is 2.85. The van der Waals surface area contributed by atoms with Crippen LogP contribution in [-0.4, -0.2) is 55.1 Å². The van der Waals surface area contributed by atoms with Crippen molar-refractivity contribution in [2.75, 3.05) is 20.6 Å². The molecule has 0 saturated heterocycles. The van der Waals surface area contributed by atoms with Crippen LogP contribution in [0.5, 0.6) is 0 Å². The quantitative estimate of drug-likeness (QED) is 0.535. The zero-order valence-electron chi connectivity index (χ0n) is 15.8. The Balaban J connectivity index is 1.92. The summed E-state index contributed by atoms with van der Waals surface area (Å²) in [6.07, 6.45) is 0.825. The molecular formula is C19H26N4O4. The summed E-state index contributed by atoms with van der Waals surface area (Å²) in [5, 5.41) is 4.87. The lowest BCUT2D eigenvalue weighted by Crippen LogP contribution is -2.48. The van der Waals surface area contributed by atoms with Crippen molar-refractivity contribution in [1.29, 1.82) is 0 Å². The Morgan fingerprint density at radius 3 is 2.30 bits per heavy atom. The van der Waals surface area contributed by atoms with E-state index in [1.165, 1.54) is 4.90 Å². The minimum absolute atomic E-state index is 0.0252. The molecule has 2 rings (SSSR count). The molecule has 0 aromatic heterocycles. The van der Waals surface area contributed by atoms with Crippen molar-refractivity contribution >= 4 is 23.5 Å². The fraction of sp³-hybridized carbons (Fsp3) is 0.474. The topological polar surface area (TPSA) is 122 Å². The first-order chi connectivity index (χ1) is 12.7. The van der Waals surface area contributed by atoms with Gasteiger partial charge in [0, 0.05) is 14.1 Å². The average Bonchev–Trinajstić information content (AvgIpc) is 3.39. The van der Waals surface area contributed by atoms with E-state index in [1.54, 1.807) is 44.4 Å². The van der Waals surface area contributed by atoms with Gasteiger partial charge < -0.3 is 21.3 Å². The highest BCUT2D eigenvalue weighted by atomic mass is 16.2. The highest BCUT2D eigenvalue weighted by Crippen LogP contribution is 2.39. The normalized spacial score (nSPS) is 20.1. The van der Waals surface area contributed by atoms with E-state index in [0.717, 1.165) is 6.42 Å². The molecule has 0 bridgehead atoms. The van der Waals surface area contributed by atoms with Crippen molar-refractivity contribution in [2.24, 2.45) is 17.6 Å². The van der Waals surface area contributed by atoms with Crippen molar-refractivity contribution in [3.8, 4) is 0 Å². The maximum absolute atomic E-state index is 12.4. The molecule has 1 saturated carbocycles. The third kappa shape index (κ3) is 5.37. The van der Waals surface area contributed by atoms with Crippen LogP contribution in [0, 0.1) is 11.8 Å². The number of rotatable bonds is 8. The molecule has 0 aliphatic heterocycles. The lowest BCUT2D eigenvalue weighted by molar-refractivity contribution is -0.139. The Morgan fingerprint density at radius 2 is 1.78 bits per heavy atom. The summed E-state index contributed by atoms with van der Waals surface area (Å²) in [4.78, 5) is 49.9. The van der Waals surface area contributed by atoms with Crippen LogP contribution < -0.4 is 16.4 Å². The lowest BCUT2D eigenvalue weighted by atomic mass is 10.1. The van der Waals surface area contributed by atoms with Crippen molar-refractivity contribution in [3.63, 3.8) is 0 Å². The smallest absolute Gasteiger partial charge is 0.289 e. The van der Waals surface area contributed by atoms with E-state index in [2.05, 4.69) is 10.6 Å². The Hall–Kier alpha value is -2.74. The number of benzene rings is 1. The summed E-state index contributed by atoms with van der Waals surface area (Å²) in [5.41, 5.74) is 6.41. The largest absolute Gasteiger partial charge is 0.347 e. The molecule has 3 amide bonds. The van der Waals surface area contributed by atoms with Gasteiger partial charge in [0.1, 0.15) is 6.04 Å². The van der Waals surface area contributed by atoms with Gasteiger partial charge in [-0.2, -0.15) is 0 Å². The maximum atomic E-state index is 12.4. The first kappa shape index (κ1) is 20.6. The van der Waals surface area contributed by atoms with Gasteiger partial charge in [-0.1, -0.05) is 37.3 Å². The predicted molar refractivity (Wildman–Crippen MR) is 99.3 cm³/mol. The van der Waals surface area contributed by atoms with Crippen LogP contribution in [0.25, 0.3) is 0 Å². The number of ketones is 1. The number of nitrogens with one attached hydrogen (secondary N) is 2. The number of nitrogens with zero attached hydrogens (tertiary/aromatic N) is 1. The monoisotopic (exact) mass is 374 g/mol. The number of carbonyl (C=O) groups excluding carboxylic acids is 4. The second kappa shape index (κ2) is 8.77. The number of likely N-dealkylation sites (N-methyl/N-ethyl adjacent to an activating group) is 1. The second-order valence-corrected chi connectivity index (χ2v) is 7.09. The van der Waals surface area contributed by atoms with Gasteiger partial charge in [-0.3, -0.25) is 19.2 Å². The number of carbonyl (C=O) groups is 4. The molecule has 4 N–H and O–H groups in total. The van der Waals surface area contributed by atoms with Crippen LogP contribution in [0.1, 0.15) is 24.9 Å². The minimum Gasteiger partial charge on any atom is -0.347 e. The molecule has 1 fully saturated rings. The van der Waals surface area contributed by atoms with Gasteiger partial charge in [0.05, 0.1) is 12.6 Å². The third-order valence-electron chi connectivity index (χ3n) is 4.69. The van der Waals surface area contributed by atoms with E-state index in [9.17, 15) is 19.2 Å². The third-order valence-corrected chi connectivity index (χ3v) is 4.69. The summed E-state index contributed by atoms with van der Waals surface area (Å²) in [5.74, 6) is -2.12. The molecule has 1 aromatic carbocycles. The highest BCUT2D eigenvalue weighted by molar-refractivity contribution is 6.38. The van der Waals surface area contributed by atoms with E-state index in [0.29, 0.717) is 11.5 Å². The van der Waals surface area contributed by atoms with Crippen LogP contribution in [0.3, 0.4) is 0 Å². The molecule has 0 heterocycles. The molecule has 27 heavy (non-hydrogen) atoms. The molecule has 1 aromatic rings. The minimum atomic E-state index is -0.882. The molecule has 0 spiro atoms. The standard InChI is InChI=1S/C19H26N4O4/c1-11-9-13(11)15(20)17(25)18(26)21-10-14(24)22-16(19(27)23(2)3)12-7-5-4-6-8-12/h4-8,11,13,15-16H,9-10,20H2,1-3H3,(H,21,26)(H,22,24)/t11?,13?,15?,16-/m0/s1. The van der Waals surface area contributed by atoms with Crippen LogP contribution in [0.4, 0.5) is 0 Å². The van der Waals surface area contributed by atoms with Crippen LogP contribution in [0.15, 0.2) is 30.3 Å². The molecule has 1 aliphatic rings. The fourth-order valence-electron chi connectivity index (χ4n) is 2.85. The van der Waals surface area contributed by atoms with Gasteiger partial charge in [-0.15, -0.1) is 0 Å². The summed E-state index contributed by atoms with van der Waals surface area (Å²) in [7, 11) is 3.18. The molecular weight excluding hydrogens is 348 g/mol. The van der Waals surface area contributed by atoms with Crippen molar-refractivity contribution in [3.05, 3.63) is 35.9 Å². The van der Waals surface area contributed by atoms with Crippen molar-refractivity contribution < 1.29 is 19.2 Å². The molecule has 8 heteroatoms. The van der Waals surface area contributed by atoms with Gasteiger partial charge in [0.25, 0.3) is 5.91 Å². The van der Waals surface area contributed by atoms with Gasteiger partial charge >= 0.3 is 0 Å². The first-order valence-electron chi connectivity index (χ1n) is 8.85. The van der Waals surface area contributed by atoms with Gasteiger partial charge in [-0.25, -0.2) is 0 Å². The summed E-state index contributed by atoms with van der Waals surface area (Å²) < 4.78 is 0. The summed E-state index contributed by atoms with van der Waals surface area (Å²) in [6.45, 7) is 1.55. The summed E-state index contributed by atoms with van der Waals surface area (Å²) >= 11 is 0. The zero-order valence-corrected chi connectivity index (χ0v) is 15.8. The average molecular weight is 374 g/mol. The number of hydrogen-bond donors (Lipinski definition) is 3. The van der Waals surface area contributed by atoms with Gasteiger partial charge in [0.15, 0.2) is 0 Å². The summed E-state index contributed by atoms with van der Waals surface area (Å²) in [6, 6.07) is 7.06. The van der Waals surface area contributed by atoms with Gasteiger partial charge in [0.2, 0.25) is 17.6 Å². The number of Topliss-reactive ketones (excluding diaryl/α,β-unsaturated/α-hetero) is 1. The molecule has 0 radical (unpaired) electrons. The van der Waals surface area contributed by atoms with Crippen molar-refractivity contribution in [1.82, 2.24) is 15.5 Å². The molecule has 4 atom stereocenters. The van der Waals surface area contributed by atoms with E-state index < -0.39 is 36.2 Å². The first-order valence-corrected chi connectivity index (χ1v) is 8.85.